The molecule has 2 aromatic rings. The van der Waals surface area contributed by atoms with Crippen molar-refractivity contribution in [3.05, 3.63) is 35.8 Å². The van der Waals surface area contributed by atoms with E-state index >= 15 is 0 Å². The number of amides is 1. The molecule has 0 unspecified atom stereocenters. The quantitative estimate of drug-likeness (QED) is 0.593. The summed E-state index contributed by atoms with van der Waals surface area (Å²) < 4.78 is 65.8. The number of hydrogen-bond acceptors (Lipinski definition) is 4. The minimum atomic E-state index is -5.29. The molecule has 1 atom stereocenters. The second-order valence-corrected chi connectivity index (χ2v) is 6.99. The summed E-state index contributed by atoms with van der Waals surface area (Å²) >= 11 is 0. The van der Waals surface area contributed by atoms with Crippen molar-refractivity contribution in [3.8, 4) is 0 Å². The van der Waals surface area contributed by atoms with E-state index in [0.717, 1.165) is 24.4 Å². The molecule has 6 nitrogen and oxygen atoms in total. The number of aromatic nitrogens is 1. The maximum atomic E-state index is 14.3. The molecule has 1 amide bonds. The van der Waals surface area contributed by atoms with E-state index in [1.54, 1.807) is 5.32 Å². The predicted molar refractivity (Wildman–Crippen MR) is 92.0 cm³/mol. The fraction of sp³-hybridized carbons (Fsp3) is 0.444. The fourth-order valence-corrected chi connectivity index (χ4v) is 2.67. The third-order valence-corrected chi connectivity index (χ3v) is 3.74. The van der Waals surface area contributed by atoms with Crippen molar-refractivity contribution in [2.45, 2.75) is 45.0 Å². The zero-order chi connectivity index (χ0) is 21.3. The summed E-state index contributed by atoms with van der Waals surface area (Å²) in [6, 6.07) is 2.99. The molecular weight excluding hydrogens is 384 g/mol. The fourth-order valence-electron chi connectivity index (χ4n) is 2.67. The van der Waals surface area contributed by atoms with Crippen molar-refractivity contribution in [1.29, 1.82) is 0 Å². The van der Waals surface area contributed by atoms with E-state index < -0.39 is 40.8 Å². The van der Waals surface area contributed by atoms with Gasteiger partial charge in [-0.2, -0.15) is 13.2 Å². The highest BCUT2D eigenvalue weighted by Crippen LogP contribution is 2.43. The highest BCUT2D eigenvalue weighted by atomic mass is 19.4. The number of fused-ring (bicyclic) bond motifs is 1. The predicted octanol–water partition coefficient (Wildman–Crippen LogP) is 4.15. The van der Waals surface area contributed by atoms with Crippen LogP contribution in [0.15, 0.2) is 24.4 Å². The number of halogens is 4. The molecule has 2 rings (SSSR count). The molecule has 1 aromatic heterocycles. The molecule has 0 spiro atoms. The van der Waals surface area contributed by atoms with Crippen LogP contribution in [-0.4, -0.2) is 35.4 Å². The number of H-pyrrole nitrogens is 1. The number of nitrogens with one attached hydrogen (secondary N) is 2. The van der Waals surface area contributed by atoms with Gasteiger partial charge in [0.15, 0.2) is 0 Å². The van der Waals surface area contributed by atoms with Crippen LogP contribution in [0.25, 0.3) is 10.9 Å². The van der Waals surface area contributed by atoms with Gasteiger partial charge in [0.2, 0.25) is 0 Å². The molecule has 28 heavy (non-hydrogen) atoms. The van der Waals surface area contributed by atoms with Crippen LogP contribution in [0.1, 0.15) is 33.3 Å². The summed E-state index contributed by atoms with van der Waals surface area (Å²) in [5, 5.41) is 1.54. The van der Waals surface area contributed by atoms with Crippen LogP contribution < -0.4 is 5.32 Å². The van der Waals surface area contributed by atoms with Gasteiger partial charge >= 0.3 is 18.2 Å². The van der Waals surface area contributed by atoms with Gasteiger partial charge in [-0.25, -0.2) is 14.0 Å². The Kier molecular flexibility index (Phi) is 5.63. The van der Waals surface area contributed by atoms with E-state index in [0.29, 0.717) is 0 Å². The van der Waals surface area contributed by atoms with Crippen molar-refractivity contribution >= 4 is 23.0 Å². The van der Waals surface area contributed by atoms with Crippen LogP contribution in [0.3, 0.4) is 0 Å². The molecule has 0 saturated heterocycles. The summed E-state index contributed by atoms with van der Waals surface area (Å²) in [7, 11) is 0. The average molecular weight is 404 g/mol. The maximum absolute atomic E-state index is 14.3. The zero-order valence-corrected chi connectivity index (χ0v) is 15.7. The lowest BCUT2D eigenvalue weighted by molar-refractivity contribution is -0.215. The van der Waals surface area contributed by atoms with Crippen molar-refractivity contribution in [1.82, 2.24) is 10.3 Å². The van der Waals surface area contributed by atoms with Crippen LogP contribution in [0.4, 0.5) is 22.4 Å². The number of benzene rings is 1. The Bertz CT molecular complexity index is 886. The Labute approximate surface area is 158 Å². The van der Waals surface area contributed by atoms with Gasteiger partial charge in [-0.15, -0.1) is 0 Å². The van der Waals surface area contributed by atoms with Crippen LogP contribution in [0.2, 0.25) is 0 Å². The van der Waals surface area contributed by atoms with E-state index in [2.05, 4.69) is 9.72 Å². The lowest BCUT2D eigenvalue weighted by Crippen LogP contribution is -2.62. The first kappa shape index (κ1) is 21.5. The first-order valence-electron chi connectivity index (χ1n) is 8.34. The molecule has 0 fully saturated rings. The summed E-state index contributed by atoms with van der Waals surface area (Å²) in [4.78, 5) is 27.2. The lowest BCUT2D eigenvalue weighted by atomic mass is 9.88. The minimum Gasteiger partial charge on any atom is -0.464 e. The molecule has 0 aliphatic carbocycles. The van der Waals surface area contributed by atoms with Gasteiger partial charge in [-0.1, -0.05) is 0 Å². The molecule has 0 aliphatic rings. The van der Waals surface area contributed by atoms with Gasteiger partial charge in [-0.05, 0) is 45.9 Å². The van der Waals surface area contributed by atoms with Gasteiger partial charge in [-0.3, -0.25) is 5.32 Å². The maximum Gasteiger partial charge on any atom is 0.427 e. The Morgan fingerprint density at radius 2 is 1.82 bits per heavy atom. The van der Waals surface area contributed by atoms with Crippen molar-refractivity contribution in [3.63, 3.8) is 0 Å². The number of carbonyl (C=O) groups is 2. The molecule has 0 radical (unpaired) electrons. The standard InChI is InChI=1S/C18H20F4N2O4/c1-5-27-14(25)17(18(20,21)22,24-15(26)28-16(2,3)4)12-9-23-13-8-10(19)6-7-11(12)13/h6-9,23H,5H2,1-4H3,(H,24,26)/t17-/m1/s1. The SMILES string of the molecule is CCOC(=O)[C@](NC(=O)OC(C)(C)C)(c1c[nH]c2cc(F)ccc12)C(F)(F)F. The third kappa shape index (κ3) is 4.05. The summed E-state index contributed by atoms with van der Waals surface area (Å²) in [5.41, 5.74) is -5.29. The number of alkyl carbamates (subject to hydrolysis) is 1. The number of ether oxygens (including phenoxy) is 2. The Balaban J connectivity index is 2.71. The van der Waals surface area contributed by atoms with Gasteiger partial charge < -0.3 is 14.5 Å². The van der Waals surface area contributed by atoms with Gasteiger partial charge in [0.05, 0.1) is 6.61 Å². The third-order valence-electron chi connectivity index (χ3n) is 3.74. The normalized spacial score (nSPS) is 14.4. The molecule has 1 heterocycles. The van der Waals surface area contributed by atoms with E-state index in [9.17, 15) is 27.2 Å². The van der Waals surface area contributed by atoms with Crippen LogP contribution in [-0.2, 0) is 19.8 Å². The second-order valence-electron chi connectivity index (χ2n) is 6.99. The Hall–Kier alpha value is -2.78. The molecular formula is C18H20F4N2O4. The van der Waals surface area contributed by atoms with Crippen LogP contribution in [0.5, 0.6) is 0 Å². The molecule has 154 valence electrons. The number of hydrogen-bond donors (Lipinski definition) is 2. The highest BCUT2D eigenvalue weighted by Gasteiger charge is 2.65. The number of aromatic amines is 1. The minimum absolute atomic E-state index is 0.0129. The number of rotatable bonds is 4. The molecule has 0 aliphatic heterocycles. The smallest absolute Gasteiger partial charge is 0.427 e. The molecule has 0 bridgehead atoms. The Morgan fingerprint density at radius 3 is 2.36 bits per heavy atom. The topological polar surface area (TPSA) is 80.4 Å². The lowest BCUT2D eigenvalue weighted by Gasteiger charge is -2.34. The van der Waals surface area contributed by atoms with Crippen molar-refractivity contribution in [2.75, 3.05) is 6.61 Å². The largest absolute Gasteiger partial charge is 0.464 e. The molecule has 2 N–H and O–H groups in total. The first-order chi connectivity index (χ1) is 12.8. The first-order valence-corrected chi connectivity index (χ1v) is 8.34. The second kappa shape index (κ2) is 7.33. The molecule has 10 heteroatoms. The van der Waals surface area contributed by atoms with Gasteiger partial charge in [0.1, 0.15) is 11.4 Å². The van der Waals surface area contributed by atoms with E-state index in [-0.39, 0.29) is 17.5 Å². The Morgan fingerprint density at radius 1 is 1.18 bits per heavy atom. The number of alkyl halides is 3. The molecule has 1 aromatic carbocycles. The zero-order valence-electron chi connectivity index (χ0n) is 15.7. The highest BCUT2D eigenvalue weighted by molar-refractivity contribution is 5.95. The van der Waals surface area contributed by atoms with Gasteiger partial charge in [0.25, 0.3) is 5.54 Å². The van der Waals surface area contributed by atoms with Gasteiger partial charge in [0, 0.05) is 22.7 Å². The summed E-state index contributed by atoms with van der Waals surface area (Å²) in [6.45, 7) is 5.35. The molecule has 0 saturated carbocycles. The van der Waals surface area contributed by atoms with Crippen LogP contribution in [0, 0.1) is 5.82 Å². The average Bonchev–Trinajstić information content (AvgIpc) is 2.92. The van der Waals surface area contributed by atoms with E-state index in [1.165, 1.54) is 27.7 Å². The number of carbonyl (C=O) groups excluding carboxylic acids is 2. The van der Waals surface area contributed by atoms with E-state index in [1.807, 2.05) is 0 Å². The van der Waals surface area contributed by atoms with Crippen molar-refractivity contribution < 1.29 is 36.6 Å². The summed E-state index contributed by atoms with van der Waals surface area (Å²) in [6.07, 6.45) is -5.87. The van der Waals surface area contributed by atoms with E-state index in [4.69, 9.17) is 4.74 Å². The van der Waals surface area contributed by atoms with Crippen LogP contribution >= 0.6 is 0 Å². The summed E-state index contributed by atoms with van der Waals surface area (Å²) in [5.74, 6) is -2.42. The van der Waals surface area contributed by atoms with Crippen molar-refractivity contribution in [2.24, 2.45) is 0 Å². The number of esters is 1. The monoisotopic (exact) mass is 404 g/mol.